The van der Waals surface area contributed by atoms with E-state index in [1.165, 1.54) is 34.3 Å². The first-order valence-electron chi connectivity index (χ1n) is 14.3. The highest BCUT2D eigenvalue weighted by Crippen LogP contribution is 2.33. The van der Waals surface area contributed by atoms with Crippen LogP contribution in [0, 0.1) is 0 Å². The number of hydrogen-bond donors (Lipinski definition) is 0. The van der Waals surface area contributed by atoms with Crippen molar-refractivity contribution >= 4 is 43.7 Å². The van der Waals surface area contributed by atoms with Gasteiger partial charge in [-0.25, -0.2) is 19.9 Å². The van der Waals surface area contributed by atoms with E-state index in [1.807, 2.05) is 60.7 Å². The number of aromatic nitrogens is 4. The van der Waals surface area contributed by atoms with Crippen molar-refractivity contribution in [1.29, 1.82) is 0 Å². The van der Waals surface area contributed by atoms with Crippen LogP contribution in [-0.4, -0.2) is 19.9 Å². The van der Waals surface area contributed by atoms with E-state index < -0.39 is 0 Å². The van der Waals surface area contributed by atoms with Gasteiger partial charge in [-0.05, 0) is 82.2 Å². The second kappa shape index (κ2) is 9.71. The molecular formula is C38H22N4O2. The number of fused-ring (bicyclic) bond motifs is 5. The van der Waals surface area contributed by atoms with Crippen LogP contribution in [0.4, 0.5) is 0 Å². The summed E-state index contributed by atoms with van der Waals surface area (Å²) in [6.45, 7) is 0. The molecule has 9 rings (SSSR count). The van der Waals surface area contributed by atoms with Crippen LogP contribution in [-0.2, 0) is 0 Å². The number of pyridine rings is 2. The van der Waals surface area contributed by atoms with Gasteiger partial charge < -0.3 is 8.83 Å². The highest BCUT2D eigenvalue weighted by Gasteiger charge is 2.11. The lowest BCUT2D eigenvalue weighted by atomic mass is 9.97. The van der Waals surface area contributed by atoms with Crippen LogP contribution in [0.3, 0.4) is 0 Å². The maximum atomic E-state index is 5.50. The second-order valence-electron chi connectivity index (χ2n) is 10.8. The third-order valence-electron chi connectivity index (χ3n) is 8.18. The third kappa shape index (κ3) is 4.12. The lowest BCUT2D eigenvalue weighted by molar-refractivity contribution is 0.602. The lowest BCUT2D eigenvalue weighted by Crippen LogP contribution is -1.89. The van der Waals surface area contributed by atoms with Crippen LogP contribution >= 0.6 is 0 Å². The van der Waals surface area contributed by atoms with Crippen molar-refractivity contribution in [3.05, 3.63) is 134 Å². The lowest BCUT2D eigenvalue weighted by Gasteiger charge is -2.10. The monoisotopic (exact) mass is 566 g/mol. The van der Waals surface area contributed by atoms with Crippen LogP contribution in [0.15, 0.2) is 143 Å². The molecule has 0 atom stereocenters. The molecule has 0 radical (unpaired) electrons. The van der Waals surface area contributed by atoms with Crippen LogP contribution in [0.5, 0.6) is 0 Å². The van der Waals surface area contributed by atoms with Gasteiger partial charge in [0.25, 0.3) is 0 Å². The largest absolute Gasteiger partial charge is 0.443 e. The summed E-state index contributed by atoms with van der Waals surface area (Å²) < 4.78 is 11.0. The molecule has 0 aliphatic carbocycles. The average molecular weight is 567 g/mol. The highest BCUT2D eigenvalue weighted by atomic mass is 16.3. The predicted octanol–water partition coefficient (Wildman–Crippen LogP) is 9.73. The molecule has 6 nitrogen and oxygen atoms in total. The smallest absolute Gasteiger partial charge is 0.181 e. The normalized spacial score (nSPS) is 11.6. The molecule has 0 fully saturated rings. The van der Waals surface area contributed by atoms with E-state index >= 15 is 0 Å². The van der Waals surface area contributed by atoms with Crippen molar-refractivity contribution in [3.63, 3.8) is 0 Å². The Kier molecular flexibility index (Phi) is 5.40. The summed E-state index contributed by atoms with van der Waals surface area (Å²) in [5.74, 6) is 0. The summed E-state index contributed by atoms with van der Waals surface area (Å²) in [5.41, 5.74) is 10.9. The van der Waals surface area contributed by atoms with Crippen molar-refractivity contribution in [2.24, 2.45) is 0 Å². The zero-order valence-corrected chi connectivity index (χ0v) is 23.3. The Labute approximate surface area is 251 Å². The van der Waals surface area contributed by atoms with Gasteiger partial charge in [0.1, 0.15) is 11.0 Å². The predicted molar refractivity (Wildman–Crippen MR) is 174 cm³/mol. The Morgan fingerprint density at radius 1 is 0.386 bits per heavy atom. The minimum Gasteiger partial charge on any atom is -0.443 e. The first kappa shape index (κ1) is 24.5. The fourth-order valence-corrected chi connectivity index (χ4v) is 5.93. The minimum absolute atomic E-state index is 0.753. The van der Waals surface area contributed by atoms with E-state index in [2.05, 4.69) is 70.6 Å². The molecule has 0 aliphatic rings. The molecule has 6 heteroatoms. The zero-order chi connectivity index (χ0) is 29.0. The molecular weight excluding hydrogens is 544 g/mol. The van der Waals surface area contributed by atoms with E-state index in [0.717, 1.165) is 67.2 Å². The van der Waals surface area contributed by atoms with Gasteiger partial charge in [-0.15, -0.1) is 0 Å². The molecule has 0 spiro atoms. The number of oxazole rings is 2. The molecule has 0 saturated heterocycles. The van der Waals surface area contributed by atoms with E-state index in [0.29, 0.717) is 0 Å². The zero-order valence-electron chi connectivity index (χ0n) is 23.3. The Balaban J connectivity index is 1.05. The van der Waals surface area contributed by atoms with Gasteiger partial charge >= 0.3 is 0 Å². The summed E-state index contributed by atoms with van der Waals surface area (Å²) in [4.78, 5) is 18.4. The van der Waals surface area contributed by atoms with Gasteiger partial charge in [0.05, 0.1) is 22.8 Å². The van der Waals surface area contributed by atoms with Gasteiger partial charge in [-0.2, -0.15) is 0 Å². The standard InChI is InChI=1S/C38H22N4O2/c1-3-31(41-33(5-1)27-11-15-35-37(19-27)43-21-39-35)25-9-13-29-23(17-25)7-8-24-18-26(10-14-30(24)29)32-4-2-6-34(42-32)28-12-16-36-38(20-28)44-22-40-36/h1-22H. The van der Waals surface area contributed by atoms with Gasteiger partial charge in [0.15, 0.2) is 24.0 Å². The number of hydrogen-bond acceptors (Lipinski definition) is 6. The maximum Gasteiger partial charge on any atom is 0.181 e. The van der Waals surface area contributed by atoms with Crippen molar-refractivity contribution in [1.82, 2.24) is 19.9 Å². The molecule has 4 aromatic heterocycles. The van der Waals surface area contributed by atoms with Gasteiger partial charge in [-0.3, -0.25) is 0 Å². The molecule has 44 heavy (non-hydrogen) atoms. The van der Waals surface area contributed by atoms with Gasteiger partial charge in [0, 0.05) is 22.3 Å². The number of benzene rings is 5. The first-order valence-corrected chi connectivity index (χ1v) is 14.3. The van der Waals surface area contributed by atoms with Crippen LogP contribution in [0.25, 0.3) is 88.8 Å². The molecule has 4 heterocycles. The molecule has 9 aromatic rings. The minimum atomic E-state index is 0.753. The highest BCUT2D eigenvalue weighted by molar-refractivity contribution is 6.09. The first-order chi connectivity index (χ1) is 21.7. The molecule has 0 bridgehead atoms. The average Bonchev–Trinajstić information content (AvgIpc) is 3.77. The molecule has 0 N–H and O–H groups in total. The number of nitrogens with zero attached hydrogens (tertiary/aromatic N) is 4. The van der Waals surface area contributed by atoms with Gasteiger partial charge in [0.2, 0.25) is 0 Å². The summed E-state index contributed by atoms with van der Waals surface area (Å²) in [6, 6.07) is 41.7. The summed E-state index contributed by atoms with van der Waals surface area (Å²) in [6.07, 6.45) is 2.93. The quantitative estimate of drug-likeness (QED) is 0.197. The Morgan fingerprint density at radius 3 is 1.25 bits per heavy atom. The molecule has 0 unspecified atom stereocenters. The topological polar surface area (TPSA) is 77.8 Å². The Bertz CT molecular complexity index is 2350. The Morgan fingerprint density at radius 2 is 0.795 bits per heavy atom. The third-order valence-corrected chi connectivity index (χ3v) is 8.18. The molecule has 0 amide bonds. The van der Waals surface area contributed by atoms with E-state index in [-0.39, 0.29) is 0 Å². The SMILES string of the molecule is c1cc(-c2ccc3c(ccc4cc(-c5cccc(-c6ccc7ncoc7c6)n5)ccc43)c2)nc(-c2ccc3ncoc3c2)c1. The van der Waals surface area contributed by atoms with Crippen LogP contribution < -0.4 is 0 Å². The van der Waals surface area contributed by atoms with E-state index in [1.54, 1.807) is 0 Å². The Hall–Kier alpha value is -6.14. The van der Waals surface area contributed by atoms with Gasteiger partial charge in [-0.1, -0.05) is 60.7 Å². The van der Waals surface area contributed by atoms with Crippen molar-refractivity contribution in [2.45, 2.75) is 0 Å². The van der Waals surface area contributed by atoms with Crippen LogP contribution in [0.1, 0.15) is 0 Å². The van der Waals surface area contributed by atoms with E-state index in [9.17, 15) is 0 Å². The van der Waals surface area contributed by atoms with Crippen molar-refractivity contribution < 1.29 is 8.83 Å². The summed E-state index contributed by atoms with van der Waals surface area (Å²) >= 11 is 0. The molecule has 206 valence electrons. The fourth-order valence-electron chi connectivity index (χ4n) is 5.93. The summed E-state index contributed by atoms with van der Waals surface area (Å²) in [7, 11) is 0. The summed E-state index contributed by atoms with van der Waals surface area (Å²) in [5, 5.41) is 4.74. The molecule has 0 aliphatic heterocycles. The molecule has 0 saturated carbocycles. The van der Waals surface area contributed by atoms with E-state index in [4.69, 9.17) is 18.8 Å². The fraction of sp³-hybridized carbons (Fsp3) is 0. The van der Waals surface area contributed by atoms with Crippen molar-refractivity contribution in [3.8, 4) is 45.0 Å². The number of rotatable bonds is 4. The maximum absolute atomic E-state index is 5.50. The molecule has 5 aromatic carbocycles. The van der Waals surface area contributed by atoms with Crippen LogP contribution in [0.2, 0.25) is 0 Å². The second-order valence-corrected chi connectivity index (χ2v) is 10.8. The van der Waals surface area contributed by atoms with Crippen molar-refractivity contribution in [2.75, 3.05) is 0 Å².